The van der Waals surface area contributed by atoms with Gasteiger partial charge in [0.05, 0.1) is 6.54 Å². The molecule has 12 heavy (non-hydrogen) atoms. The minimum atomic E-state index is 0.459. The number of aryl methyl sites for hydroxylation is 1. The summed E-state index contributed by atoms with van der Waals surface area (Å²) in [6.07, 6.45) is 2.94. The van der Waals surface area contributed by atoms with Crippen molar-refractivity contribution in [2.75, 3.05) is 0 Å². The fourth-order valence-corrected chi connectivity index (χ4v) is 1.48. The molecule has 1 heterocycles. The molecule has 0 unspecified atom stereocenters. The van der Waals surface area contributed by atoms with Crippen LogP contribution in [-0.2, 0) is 13.0 Å². The van der Waals surface area contributed by atoms with Crippen LogP contribution in [0.3, 0.4) is 0 Å². The van der Waals surface area contributed by atoms with Gasteiger partial charge in [-0.15, -0.1) is 0 Å². The SMILES string of the molecule is CCc1cnc(CN)n1C(C)C. The van der Waals surface area contributed by atoms with Crippen molar-refractivity contribution in [2.24, 2.45) is 5.73 Å². The van der Waals surface area contributed by atoms with Crippen LogP contribution >= 0.6 is 0 Å². The van der Waals surface area contributed by atoms with Gasteiger partial charge in [-0.25, -0.2) is 4.98 Å². The molecule has 0 aliphatic rings. The van der Waals surface area contributed by atoms with Crippen LogP contribution in [0.15, 0.2) is 6.20 Å². The van der Waals surface area contributed by atoms with E-state index in [9.17, 15) is 0 Å². The highest BCUT2D eigenvalue weighted by Gasteiger charge is 2.09. The van der Waals surface area contributed by atoms with Gasteiger partial charge in [0.25, 0.3) is 0 Å². The Morgan fingerprint density at radius 3 is 2.67 bits per heavy atom. The second-order valence-corrected chi connectivity index (χ2v) is 3.19. The van der Waals surface area contributed by atoms with Crippen molar-refractivity contribution < 1.29 is 0 Å². The normalized spacial score (nSPS) is 11.1. The number of aromatic nitrogens is 2. The lowest BCUT2D eigenvalue weighted by molar-refractivity contribution is 0.548. The van der Waals surface area contributed by atoms with Crippen molar-refractivity contribution >= 4 is 0 Å². The topological polar surface area (TPSA) is 43.8 Å². The molecule has 1 rings (SSSR count). The van der Waals surface area contributed by atoms with Crippen molar-refractivity contribution in [3.8, 4) is 0 Å². The Balaban J connectivity index is 3.07. The van der Waals surface area contributed by atoms with Gasteiger partial charge in [0.2, 0.25) is 0 Å². The van der Waals surface area contributed by atoms with Crippen LogP contribution in [0.1, 0.15) is 38.3 Å². The summed E-state index contributed by atoms with van der Waals surface area (Å²) < 4.78 is 2.21. The summed E-state index contributed by atoms with van der Waals surface area (Å²) in [6.45, 7) is 6.97. The van der Waals surface area contributed by atoms with E-state index < -0.39 is 0 Å². The molecule has 0 saturated carbocycles. The molecule has 0 fully saturated rings. The van der Waals surface area contributed by atoms with E-state index in [1.165, 1.54) is 5.69 Å². The first-order chi connectivity index (χ1) is 5.70. The molecule has 1 aromatic heterocycles. The fourth-order valence-electron chi connectivity index (χ4n) is 1.48. The van der Waals surface area contributed by atoms with Crippen LogP contribution in [0.2, 0.25) is 0 Å². The van der Waals surface area contributed by atoms with Gasteiger partial charge >= 0.3 is 0 Å². The average Bonchev–Trinajstić information content (AvgIpc) is 2.46. The lowest BCUT2D eigenvalue weighted by Crippen LogP contribution is -2.12. The van der Waals surface area contributed by atoms with Crippen LogP contribution in [0.4, 0.5) is 0 Å². The highest BCUT2D eigenvalue weighted by molar-refractivity contribution is 5.06. The summed E-state index contributed by atoms with van der Waals surface area (Å²) >= 11 is 0. The second-order valence-electron chi connectivity index (χ2n) is 3.19. The van der Waals surface area contributed by atoms with Crippen LogP contribution in [0.25, 0.3) is 0 Å². The maximum absolute atomic E-state index is 5.57. The molecular formula is C9H17N3. The third-order valence-electron chi connectivity index (χ3n) is 2.01. The standard InChI is InChI=1S/C9H17N3/c1-4-8-6-11-9(5-10)12(8)7(2)3/h6-7H,4-5,10H2,1-3H3. The van der Waals surface area contributed by atoms with Gasteiger partial charge in [-0.1, -0.05) is 6.92 Å². The van der Waals surface area contributed by atoms with E-state index in [-0.39, 0.29) is 0 Å². The van der Waals surface area contributed by atoms with Crippen molar-refractivity contribution in [1.82, 2.24) is 9.55 Å². The Kier molecular flexibility index (Phi) is 2.87. The Hall–Kier alpha value is -0.830. The molecule has 0 aliphatic heterocycles. The number of nitrogens with two attached hydrogens (primary N) is 1. The molecule has 0 spiro atoms. The summed E-state index contributed by atoms with van der Waals surface area (Å²) in [5.74, 6) is 0.988. The molecule has 3 nitrogen and oxygen atoms in total. The summed E-state index contributed by atoms with van der Waals surface area (Å²) in [7, 11) is 0. The van der Waals surface area contributed by atoms with Crippen LogP contribution in [-0.4, -0.2) is 9.55 Å². The van der Waals surface area contributed by atoms with Gasteiger partial charge in [0.1, 0.15) is 5.82 Å². The van der Waals surface area contributed by atoms with Crippen molar-refractivity contribution in [2.45, 2.75) is 39.8 Å². The summed E-state index contributed by atoms with van der Waals surface area (Å²) in [5, 5.41) is 0. The molecule has 0 aromatic carbocycles. The van der Waals surface area contributed by atoms with Gasteiger partial charge in [0, 0.05) is 17.9 Å². The van der Waals surface area contributed by atoms with E-state index in [0.29, 0.717) is 12.6 Å². The Bertz CT molecular complexity index is 229. The molecule has 0 radical (unpaired) electrons. The minimum absolute atomic E-state index is 0.459. The average molecular weight is 167 g/mol. The molecule has 0 aliphatic carbocycles. The number of nitrogens with zero attached hydrogens (tertiary/aromatic N) is 2. The van der Waals surface area contributed by atoms with E-state index >= 15 is 0 Å². The lowest BCUT2D eigenvalue weighted by atomic mass is 10.3. The molecule has 0 atom stereocenters. The van der Waals surface area contributed by atoms with Gasteiger partial charge in [0.15, 0.2) is 0 Å². The number of imidazole rings is 1. The van der Waals surface area contributed by atoms with Crippen molar-refractivity contribution in [3.63, 3.8) is 0 Å². The fraction of sp³-hybridized carbons (Fsp3) is 0.667. The van der Waals surface area contributed by atoms with E-state index in [2.05, 4.69) is 30.3 Å². The van der Waals surface area contributed by atoms with Crippen LogP contribution < -0.4 is 5.73 Å². The van der Waals surface area contributed by atoms with Gasteiger partial charge < -0.3 is 10.3 Å². The van der Waals surface area contributed by atoms with E-state index in [1.807, 2.05) is 6.20 Å². The monoisotopic (exact) mass is 167 g/mol. The first-order valence-corrected chi connectivity index (χ1v) is 4.45. The van der Waals surface area contributed by atoms with E-state index in [4.69, 9.17) is 5.73 Å². The molecule has 0 saturated heterocycles. The highest BCUT2D eigenvalue weighted by Crippen LogP contribution is 2.13. The summed E-state index contributed by atoms with van der Waals surface area (Å²) in [5.41, 5.74) is 6.84. The maximum Gasteiger partial charge on any atom is 0.122 e. The molecule has 1 aromatic rings. The predicted octanol–water partition coefficient (Wildman–Crippen LogP) is 1.49. The molecule has 68 valence electrons. The molecule has 0 amide bonds. The quantitative estimate of drug-likeness (QED) is 0.741. The third-order valence-corrected chi connectivity index (χ3v) is 2.01. The van der Waals surface area contributed by atoms with E-state index in [0.717, 1.165) is 12.2 Å². The molecule has 3 heteroatoms. The van der Waals surface area contributed by atoms with Crippen LogP contribution in [0, 0.1) is 0 Å². The number of rotatable bonds is 3. The first-order valence-electron chi connectivity index (χ1n) is 4.45. The zero-order chi connectivity index (χ0) is 9.14. The van der Waals surface area contributed by atoms with Gasteiger partial charge in [-0.2, -0.15) is 0 Å². The molecular weight excluding hydrogens is 150 g/mol. The Morgan fingerprint density at radius 1 is 1.58 bits per heavy atom. The van der Waals surface area contributed by atoms with Crippen molar-refractivity contribution in [3.05, 3.63) is 17.7 Å². The van der Waals surface area contributed by atoms with Crippen molar-refractivity contribution in [1.29, 1.82) is 0 Å². The Morgan fingerprint density at radius 2 is 2.25 bits per heavy atom. The first kappa shape index (κ1) is 9.26. The zero-order valence-electron chi connectivity index (χ0n) is 8.04. The molecule has 0 bridgehead atoms. The molecule has 2 N–H and O–H groups in total. The van der Waals surface area contributed by atoms with Gasteiger partial charge in [-0.3, -0.25) is 0 Å². The number of hydrogen-bond donors (Lipinski definition) is 1. The Labute approximate surface area is 73.6 Å². The summed E-state index contributed by atoms with van der Waals surface area (Å²) in [6, 6.07) is 0.459. The van der Waals surface area contributed by atoms with Crippen LogP contribution in [0.5, 0.6) is 0 Å². The lowest BCUT2D eigenvalue weighted by Gasteiger charge is -2.13. The maximum atomic E-state index is 5.57. The van der Waals surface area contributed by atoms with Gasteiger partial charge in [-0.05, 0) is 20.3 Å². The third kappa shape index (κ3) is 1.50. The number of hydrogen-bond acceptors (Lipinski definition) is 2. The predicted molar refractivity (Wildman–Crippen MR) is 49.9 cm³/mol. The largest absolute Gasteiger partial charge is 0.329 e. The smallest absolute Gasteiger partial charge is 0.122 e. The minimum Gasteiger partial charge on any atom is -0.329 e. The van der Waals surface area contributed by atoms with E-state index in [1.54, 1.807) is 0 Å². The summed E-state index contributed by atoms with van der Waals surface area (Å²) in [4.78, 5) is 4.26. The highest BCUT2D eigenvalue weighted by atomic mass is 15.1. The zero-order valence-corrected chi connectivity index (χ0v) is 8.04. The second kappa shape index (κ2) is 3.72.